The average molecular weight is 235 g/mol. The summed E-state index contributed by atoms with van der Waals surface area (Å²) in [5, 5.41) is 2.01. The second-order valence-corrected chi connectivity index (χ2v) is 5.04. The summed E-state index contributed by atoms with van der Waals surface area (Å²) < 4.78 is 6.90. The molecule has 2 N–H and O–H groups in total. The van der Waals surface area contributed by atoms with Crippen LogP contribution in [0.5, 0.6) is 5.88 Å². The van der Waals surface area contributed by atoms with Crippen molar-refractivity contribution in [3.63, 3.8) is 0 Å². The fourth-order valence-electron chi connectivity index (χ4n) is 1.97. The molecule has 0 unspecified atom stereocenters. The first-order chi connectivity index (χ1) is 7.86. The molecule has 0 radical (unpaired) electrons. The van der Waals surface area contributed by atoms with Crippen molar-refractivity contribution in [2.24, 2.45) is 11.7 Å². The van der Waals surface area contributed by atoms with Crippen LogP contribution in [0.2, 0.25) is 0 Å². The molecule has 0 aliphatic heterocycles. The van der Waals surface area contributed by atoms with Crippen LogP contribution in [0.25, 0.3) is 10.2 Å². The Morgan fingerprint density at radius 3 is 3.12 bits per heavy atom. The normalized spacial score (nSPS) is 24.3. The van der Waals surface area contributed by atoms with E-state index in [1.807, 2.05) is 11.4 Å². The number of ether oxygens (including phenoxy) is 1. The summed E-state index contributed by atoms with van der Waals surface area (Å²) in [7, 11) is 0. The minimum absolute atomic E-state index is 0.286. The Labute approximate surface area is 97.5 Å². The molecule has 0 amide bonds. The van der Waals surface area contributed by atoms with Gasteiger partial charge in [-0.2, -0.15) is 0 Å². The summed E-state index contributed by atoms with van der Waals surface area (Å²) in [6.45, 7) is 0.762. The first-order valence-corrected chi connectivity index (χ1v) is 6.29. The van der Waals surface area contributed by atoms with Crippen LogP contribution in [0.3, 0.4) is 0 Å². The van der Waals surface area contributed by atoms with Crippen molar-refractivity contribution in [1.29, 1.82) is 0 Å². The summed E-state index contributed by atoms with van der Waals surface area (Å²) in [5.41, 5.74) is 6.55. The van der Waals surface area contributed by atoms with Gasteiger partial charge < -0.3 is 10.5 Å². The van der Waals surface area contributed by atoms with E-state index in [4.69, 9.17) is 10.5 Å². The third kappa shape index (κ3) is 1.66. The maximum atomic E-state index is 5.86. The molecule has 1 saturated carbocycles. The van der Waals surface area contributed by atoms with Crippen molar-refractivity contribution in [1.82, 2.24) is 9.97 Å². The Morgan fingerprint density at radius 2 is 2.31 bits per heavy atom. The lowest BCUT2D eigenvalue weighted by Gasteiger charge is -2.34. The SMILES string of the molecule is NCC1CC(Oc2ncnc3ccsc23)C1. The molecular weight excluding hydrogens is 222 g/mol. The smallest absolute Gasteiger partial charge is 0.235 e. The van der Waals surface area contributed by atoms with Crippen LogP contribution in [0.4, 0.5) is 0 Å². The number of nitrogens with two attached hydrogens (primary N) is 1. The zero-order valence-corrected chi connectivity index (χ0v) is 9.61. The zero-order chi connectivity index (χ0) is 11.0. The Balaban J connectivity index is 1.77. The van der Waals surface area contributed by atoms with Gasteiger partial charge in [0, 0.05) is 0 Å². The quantitative estimate of drug-likeness (QED) is 0.881. The molecule has 3 rings (SSSR count). The topological polar surface area (TPSA) is 61.0 Å². The summed E-state index contributed by atoms with van der Waals surface area (Å²) in [6, 6.07) is 1.98. The standard InChI is InChI=1S/C11H13N3OS/c12-5-7-3-8(4-7)15-11-10-9(1-2-16-10)13-6-14-11/h1-2,6-8H,3-5,12H2. The van der Waals surface area contributed by atoms with Crippen molar-refractivity contribution in [3.8, 4) is 5.88 Å². The first-order valence-electron chi connectivity index (χ1n) is 5.41. The van der Waals surface area contributed by atoms with Crippen molar-refractivity contribution in [2.45, 2.75) is 18.9 Å². The molecule has 1 fully saturated rings. The van der Waals surface area contributed by atoms with Gasteiger partial charge in [0.15, 0.2) is 0 Å². The van der Waals surface area contributed by atoms with Crippen LogP contribution >= 0.6 is 11.3 Å². The molecule has 2 aromatic heterocycles. The van der Waals surface area contributed by atoms with Gasteiger partial charge in [0.1, 0.15) is 17.1 Å². The summed E-state index contributed by atoms with van der Waals surface area (Å²) in [4.78, 5) is 8.38. The number of rotatable bonds is 3. The zero-order valence-electron chi connectivity index (χ0n) is 8.80. The third-order valence-electron chi connectivity index (χ3n) is 3.01. The number of hydrogen-bond acceptors (Lipinski definition) is 5. The van der Waals surface area contributed by atoms with Gasteiger partial charge in [0.25, 0.3) is 0 Å². The molecule has 2 heterocycles. The number of fused-ring (bicyclic) bond motifs is 1. The number of nitrogens with zero attached hydrogens (tertiary/aromatic N) is 2. The lowest BCUT2D eigenvalue weighted by molar-refractivity contribution is 0.0665. The molecule has 4 nitrogen and oxygen atoms in total. The van der Waals surface area contributed by atoms with Gasteiger partial charge in [-0.1, -0.05) is 0 Å². The fraction of sp³-hybridized carbons (Fsp3) is 0.455. The molecule has 2 aromatic rings. The van der Waals surface area contributed by atoms with E-state index in [0.717, 1.165) is 35.5 Å². The monoisotopic (exact) mass is 235 g/mol. The van der Waals surface area contributed by atoms with Crippen LogP contribution in [0, 0.1) is 5.92 Å². The maximum Gasteiger partial charge on any atom is 0.235 e. The van der Waals surface area contributed by atoms with Crippen LogP contribution in [0.1, 0.15) is 12.8 Å². The van der Waals surface area contributed by atoms with Gasteiger partial charge in [-0.3, -0.25) is 0 Å². The summed E-state index contributed by atoms with van der Waals surface area (Å²) >= 11 is 1.62. The van der Waals surface area contributed by atoms with Gasteiger partial charge in [0.05, 0.1) is 5.52 Å². The van der Waals surface area contributed by atoms with E-state index in [-0.39, 0.29) is 6.10 Å². The van der Waals surface area contributed by atoms with E-state index in [0.29, 0.717) is 5.92 Å². The predicted octanol–water partition coefficient (Wildman–Crippen LogP) is 1.81. The van der Waals surface area contributed by atoms with Gasteiger partial charge in [-0.25, -0.2) is 9.97 Å². The van der Waals surface area contributed by atoms with E-state index in [1.165, 1.54) is 0 Å². The highest BCUT2D eigenvalue weighted by Crippen LogP contribution is 2.33. The Morgan fingerprint density at radius 1 is 1.44 bits per heavy atom. The highest BCUT2D eigenvalue weighted by atomic mass is 32.1. The van der Waals surface area contributed by atoms with Crippen molar-refractivity contribution < 1.29 is 4.74 Å². The van der Waals surface area contributed by atoms with Crippen LogP contribution in [0.15, 0.2) is 17.8 Å². The minimum atomic E-state index is 0.286. The van der Waals surface area contributed by atoms with E-state index in [9.17, 15) is 0 Å². The van der Waals surface area contributed by atoms with Crippen LogP contribution in [-0.2, 0) is 0 Å². The number of aromatic nitrogens is 2. The molecule has 16 heavy (non-hydrogen) atoms. The molecule has 84 valence electrons. The molecule has 0 atom stereocenters. The molecule has 0 spiro atoms. The predicted molar refractivity (Wildman–Crippen MR) is 63.6 cm³/mol. The minimum Gasteiger partial charge on any atom is -0.473 e. The number of hydrogen-bond donors (Lipinski definition) is 1. The van der Waals surface area contributed by atoms with Crippen LogP contribution in [-0.4, -0.2) is 22.6 Å². The van der Waals surface area contributed by atoms with E-state index < -0.39 is 0 Å². The molecular formula is C11H13N3OS. The lowest BCUT2D eigenvalue weighted by atomic mass is 9.82. The first kappa shape index (κ1) is 9.99. The molecule has 0 saturated heterocycles. The Bertz CT molecular complexity index is 493. The highest BCUT2D eigenvalue weighted by molar-refractivity contribution is 7.17. The van der Waals surface area contributed by atoms with Gasteiger partial charge in [-0.05, 0) is 36.8 Å². The molecule has 0 aromatic carbocycles. The summed E-state index contributed by atoms with van der Waals surface area (Å²) in [5.74, 6) is 1.35. The lowest BCUT2D eigenvalue weighted by Crippen LogP contribution is -2.37. The van der Waals surface area contributed by atoms with E-state index in [2.05, 4.69) is 9.97 Å². The maximum absolute atomic E-state index is 5.86. The van der Waals surface area contributed by atoms with Crippen molar-refractivity contribution in [2.75, 3.05) is 6.54 Å². The Kier molecular flexibility index (Phi) is 2.49. The van der Waals surface area contributed by atoms with Gasteiger partial charge in [0.2, 0.25) is 5.88 Å². The molecule has 1 aliphatic rings. The molecule has 1 aliphatic carbocycles. The summed E-state index contributed by atoms with van der Waals surface area (Å²) in [6.07, 6.45) is 3.94. The molecule has 5 heteroatoms. The fourth-order valence-corrected chi connectivity index (χ4v) is 2.75. The van der Waals surface area contributed by atoms with E-state index in [1.54, 1.807) is 17.7 Å². The molecule has 0 bridgehead atoms. The van der Waals surface area contributed by atoms with Crippen molar-refractivity contribution in [3.05, 3.63) is 17.8 Å². The highest BCUT2D eigenvalue weighted by Gasteiger charge is 2.30. The van der Waals surface area contributed by atoms with Gasteiger partial charge in [-0.15, -0.1) is 11.3 Å². The average Bonchev–Trinajstić information content (AvgIpc) is 2.71. The Hall–Kier alpha value is -1.20. The van der Waals surface area contributed by atoms with Gasteiger partial charge >= 0.3 is 0 Å². The number of thiophene rings is 1. The second kappa shape index (κ2) is 3.99. The second-order valence-electron chi connectivity index (χ2n) is 4.13. The third-order valence-corrected chi connectivity index (χ3v) is 3.91. The van der Waals surface area contributed by atoms with E-state index >= 15 is 0 Å². The van der Waals surface area contributed by atoms with Crippen molar-refractivity contribution >= 4 is 21.6 Å². The largest absolute Gasteiger partial charge is 0.473 e. The van der Waals surface area contributed by atoms with Crippen LogP contribution < -0.4 is 10.5 Å².